The predicted octanol–water partition coefficient (Wildman–Crippen LogP) is 2.26. The minimum absolute atomic E-state index is 0.567. The van der Waals surface area contributed by atoms with Crippen LogP contribution in [0.1, 0.15) is 11.3 Å². The number of nitrogen functional groups attached to an aromatic ring is 1. The highest BCUT2D eigenvalue weighted by Gasteiger charge is 2.16. The number of nitrogens with two attached hydrogens (primary N) is 1. The SMILES string of the molecule is Nc1c(N2CCNCC2)ccnc1Cc1cc2nccnc2cc1Cl. The quantitative estimate of drug-likeness (QED) is 0.751. The molecule has 0 unspecified atom stereocenters. The summed E-state index contributed by atoms with van der Waals surface area (Å²) in [5, 5.41) is 4.01. The molecular weight excluding hydrogens is 336 g/mol. The Hall–Kier alpha value is -2.44. The van der Waals surface area contributed by atoms with Crippen molar-refractivity contribution in [3.8, 4) is 0 Å². The average Bonchev–Trinajstić information content (AvgIpc) is 2.64. The Morgan fingerprint density at radius 1 is 1.04 bits per heavy atom. The van der Waals surface area contributed by atoms with E-state index in [9.17, 15) is 0 Å². The zero-order valence-corrected chi connectivity index (χ0v) is 14.5. The van der Waals surface area contributed by atoms with Crippen molar-refractivity contribution in [3.63, 3.8) is 0 Å². The van der Waals surface area contributed by atoms with E-state index in [1.54, 1.807) is 12.4 Å². The van der Waals surface area contributed by atoms with Crippen molar-refractivity contribution < 1.29 is 0 Å². The minimum atomic E-state index is 0.567. The molecule has 0 radical (unpaired) electrons. The predicted molar refractivity (Wildman–Crippen MR) is 101 cm³/mol. The molecule has 3 aromatic rings. The van der Waals surface area contributed by atoms with Gasteiger partial charge in [-0.3, -0.25) is 15.0 Å². The molecule has 2 aromatic heterocycles. The average molecular weight is 355 g/mol. The molecule has 3 N–H and O–H groups in total. The summed E-state index contributed by atoms with van der Waals surface area (Å²) in [5.41, 5.74) is 11.6. The Bertz CT molecular complexity index is 907. The first-order chi connectivity index (χ1) is 12.2. The molecule has 25 heavy (non-hydrogen) atoms. The summed E-state index contributed by atoms with van der Waals surface area (Å²) in [6.45, 7) is 3.82. The maximum absolute atomic E-state index is 6.44. The van der Waals surface area contributed by atoms with E-state index < -0.39 is 0 Å². The fourth-order valence-electron chi connectivity index (χ4n) is 3.17. The van der Waals surface area contributed by atoms with Crippen molar-refractivity contribution in [3.05, 3.63) is 53.1 Å². The second-order valence-corrected chi connectivity index (χ2v) is 6.50. The lowest BCUT2D eigenvalue weighted by atomic mass is 10.1. The monoisotopic (exact) mass is 354 g/mol. The van der Waals surface area contributed by atoms with Gasteiger partial charge in [0, 0.05) is 56.2 Å². The van der Waals surface area contributed by atoms with Gasteiger partial charge in [-0.05, 0) is 23.8 Å². The van der Waals surface area contributed by atoms with Crippen LogP contribution in [0.15, 0.2) is 36.8 Å². The van der Waals surface area contributed by atoms with Crippen molar-refractivity contribution >= 4 is 34.0 Å². The van der Waals surface area contributed by atoms with Crippen molar-refractivity contribution in [2.24, 2.45) is 0 Å². The fourth-order valence-corrected chi connectivity index (χ4v) is 3.40. The molecule has 1 aliphatic rings. The normalized spacial score (nSPS) is 14.8. The highest BCUT2D eigenvalue weighted by molar-refractivity contribution is 6.32. The molecule has 4 rings (SSSR count). The van der Waals surface area contributed by atoms with Crippen LogP contribution in [0.25, 0.3) is 11.0 Å². The molecule has 0 spiro atoms. The summed E-state index contributed by atoms with van der Waals surface area (Å²) in [4.78, 5) is 15.4. The third-order valence-electron chi connectivity index (χ3n) is 4.50. The van der Waals surface area contributed by atoms with E-state index in [4.69, 9.17) is 17.3 Å². The van der Waals surface area contributed by atoms with Crippen LogP contribution in [0, 0.1) is 0 Å². The molecule has 0 aliphatic carbocycles. The lowest BCUT2D eigenvalue weighted by Gasteiger charge is -2.30. The number of halogens is 1. The van der Waals surface area contributed by atoms with Gasteiger partial charge in [0.05, 0.1) is 28.1 Å². The van der Waals surface area contributed by atoms with E-state index in [1.807, 2.05) is 24.4 Å². The highest BCUT2D eigenvalue weighted by Crippen LogP contribution is 2.29. The molecule has 1 fully saturated rings. The fraction of sp³-hybridized carbons (Fsp3) is 0.278. The van der Waals surface area contributed by atoms with Gasteiger partial charge in [0.1, 0.15) is 0 Å². The Balaban J connectivity index is 1.68. The van der Waals surface area contributed by atoms with E-state index >= 15 is 0 Å². The minimum Gasteiger partial charge on any atom is -0.396 e. The molecule has 3 heterocycles. The summed E-state index contributed by atoms with van der Waals surface area (Å²) in [6.07, 6.45) is 5.72. The number of nitrogens with one attached hydrogen (secondary N) is 1. The molecule has 1 aromatic carbocycles. The Morgan fingerprint density at radius 3 is 2.52 bits per heavy atom. The molecule has 0 atom stereocenters. The van der Waals surface area contributed by atoms with Crippen LogP contribution < -0.4 is 16.0 Å². The topological polar surface area (TPSA) is 80.0 Å². The first-order valence-electron chi connectivity index (χ1n) is 8.30. The summed E-state index contributed by atoms with van der Waals surface area (Å²) >= 11 is 6.44. The van der Waals surface area contributed by atoms with Gasteiger partial charge < -0.3 is 16.0 Å². The maximum Gasteiger partial charge on any atom is 0.0901 e. The van der Waals surface area contributed by atoms with Gasteiger partial charge in [-0.2, -0.15) is 0 Å². The van der Waals surface area contributed by atoms with Gasteiger partial charge in [-0.1, -0.05) is 11.6 Å². The summed E-state index contributed by atoms with van der Waals surface area (Å²) in [7, 11) is 0. The van der Waals surface area contributed by atoms with E-state index in [1.165, 1.54) is 0 Å². The van der Waals surface area contributed by atoms with Crippen molar-refractivity contribution in [2.75, 3.05) is 36.8 Å². The summed E-state index contributed by atoms with van der Waals surface area (Å²) < 4.78 is 0. The van der Waals surface area contributed by atoms with E-state index in [0.29, 0.717) is 11.4 Å². The van der Waals surface area contributed by atoms with Gasteiger partial charge in [0.15, 0.2) is 0 Å². The molecule has 0 saturated carbocycles. The summed E-state index contributed by atoms with van der Waals surface area (Å²) in [6, 6.07) is 5.79. The first-order valence-corrected chi connectivity index (χ1v) is 8.68. The Morgan fingerprint density at radius 2 is 1.76 bits per heavy atom. The van der Waals surface area contributed by atoms with E-state index in [0.717, 1.165) is 59.8 Å². The van der Waals surface area contributed by atoms with Gasteiger partial charge in [-0.15, -0.1) is 0 Å². The Labute approximate surface area is 151 Å². The van der Waals surface area contributed by atoms with E-state index in [2.05, 4.69) is 25.2 Å². The number of hydrogen-bond donors (Lipinski definition) is 2. The lowest BCUT2D eigenvalue weighted by molar-refractivity contribution is 0.589. The van der Waals surface area contributed by atoms with Crippen molar-refractivity contribution in [1.29, 1.82) is 0 Å². The van der Waals surface area contributed by atoms with Crippen LogP contribution in [0.2, 0.25) is 5.02 Å². The van der Waals surface area contributed by atoms with Gasteiger partial charge in [-0.25, -0.2) is 0 Å². The van der Waals surface area contributed by atoms with Crippen LogP contribution >= 0.6 is 11.6 Å². The highest BCUT2D eigenvalue weighted by atomic mass is 35.5. The summed E-state index contributed by atoms with van der Waals surface area (Å²) in [5.74, 6) is 0. The molecule has 0 amide bonds. The number of aromatic nitrogens is 3. The molecule has 7 heteroatoms. The number of nitrogens with zero attached hydrogens (tertiary/aromatic N) is 4. The molecule has 6 nitrogen and oxygen atoms in total. The molecule has 1 saturated heterocycles. The number of rotatable bonds is 3. The largest absolute Gasteiger partial charge is 0.396 e. The maximum atomic E-state index is 6.44. The first kappa shape index (κ1) is 16.1. The van der Waals surface area contributed by atoms with E-state index in [-0.39, 0.29) is 0 Å². The third kappa shape index (κ3) is 3.23. The second kappa shape index (κ2) is 6.82. The number of hydrogen-bond acceptors (Lipinski definition) is 6. The van der Waals surface area contributed by atoms with Crippen molar-refractivity contribution in [2.45, 2.75) is 6.42 Å². The number of fused-ring (bicyclic) bond motifs is 1. The zero-order valence-electron chi connectivity index (χ0n) is 13.7. The number of benzene rings is 1. The van der Waals surface area contributed by atoms with Gasteiger partial charge >= 0.3 is 0 Å². The molecule has 128 valence electrons. The van der Waals surface area contributed by atoms with Gasteiger partial charge in [0.25, 0.3) is 0 Å². The molecular formula is C18H19ClN6. The number of anilines is 2. The van der Waals surface area contributed by atoms with Crippen LogP contribution in [-0.4, -0.2) is 41.1 Å². The smallest absolute Gasteiger partial charge is 0.0901 e. The van der Waals surface area contributed by atoms with Crippen molar-refractivity contribution in [1.82, 2.24) is 20.3 Å². The van der Waals surface area contributed by atoms with Crippen LogP contribution in [0.3, 0.4) is 0 Å². The second-order valence-electron chi connectivity index (χ2n) is 6.09. The zero-order chi connectivity index (χ0) is 17.2. The third-order valence-corrected chi connectivity index (χ3v) is 4.85. The number of piperazine rings is 1. The Kier molecular flexibility index (Phi) is 4.38. The lowest BCUT2D eigenvalue weighted by Crippen LogP contribution is -2.43. The standard InChI is InChI=1S/C18H19ClN6/c19-13-11-15-14(23-3-4-24-15)9-12(13)10-16-18(20)17(1-2-22-16)25-7-5-21-6-8-25/h1-4,9,11,21H,5-8,10,20H2. The van der Waals surface area contributed by atoms with Crippen LogP contribution in [0.4, 0.5) is 11.4 Å². The van der Waals surface area contributed by atoms with Crippen LogP contribution in [0.5, 0.6) is 0 Å². The molecule has 1 aliphatic heterocycles. The molecule has 0 bridgehead atoms. The van der Waals surface area contributed by atoms with Gasteiger partial charge in [0.2, 0.25) is 0 Å². The van der Waals surface area contributed by atoms with Crippen LogP contribution in [-0.2, 0) is 6.42 Å². The number of pyridine rings is 1.